The standard InChI is InChI=1S/C21H16FN3O3/c1-11(26)18-16-17(19-15-5-3-2-4-12(15)10-23-25(18)19)21(28)24(20(16)27)14-8-6-13(22)7-9-14/h2-10,16-19H,1H3/t16-,17-,18-,19+/m1/s1. The molecule has 3 heterocycles. The van der Waals surface area contributed by atoms with Crippen molar-refractivity contribution < 1.29 is 18.8 Å². The number of hydrazone groups is 1. The number of hydrogen-bond acceptors (Lipinski definition) is 5. The highest BCUT2D eigenvalue weighted by Gasteiger charge is 2.64. The lowest BCUT2D eigenvalue weighted by Gasteiger charge is -2.33. The molecule has 0 aromatic heterocycles. The summed E-state index contributed by atoms with van der Waals surface area (Å²) in [5, 5.41) is 6.02. The number of anilines is 1. The molecular formula is C21H16FN3O3. The summed E-state index contributed by atoms with van der Waals surface area (Å²) < 4.78 is 13.3. The van der Waals surface area contributed by atoms with Crippen LogP contribution in [0.2, 0.25) is 0 Å². The van der Waals surface area contributed by atoms with Crippen LogP contribution < -0.4 is 4.90 Å². The number of rotatable bonds is 2. The number of nitrogens with zero attached hydrogens (tertiary/aromatic N) is 3. The van der Waals surface area contributed by atoms with Crippen LogP contribution in [0.1, 0.15) is 24.1 Å². The SMILES string of the molecule is CC(=O)[C@@H]1[C@@H]2C(=O)N(c3ccc(F)cc3)C(=O)[C@H]2[C@@H]2c3ccccc3C=NN12. The molecule has 2 amide bonds. The number of benzene rings is 2. The van der Waals surface area contributed by atoms with Crippen LogP contribution in [0.3, 0.4) is 0 Å². The highest BCUT2D eigenvalue weighted by molar-refractivity contribution is 6.24. The number of fused-ring (bicyclic) bond motifs is 5. The molecule has 5 rings (SSSR count). The molecule has 2 aromatic rings. The normalized spacial score (nSPS) is 27.6. The van der Waals surface area contributed by atoms with Gasteiger partial charge in [-0.05, 0) is 42.3 Å². The summed E-state index contributed by atoms with van der Waals surface area (Å²) in [5.41, 5.74) is 2.05. The minimum atomic E-state index is -0.816. The molecule has 0 aliphatic carbocycles. The molecule has 6 nitrogen and oxygen atoms in total. The third-order valence-electron chi connectivity index (χ3n) is 5.79. The van der Waals surface area contributed by atoms with E-state index in [4.69, 9.17) is 0 Å². The van der Waals surface area contributed by atoms with Gasteiger partial charge in [-0.3, -0.25) is 19.4 Å². The van der Waals surface area contributed by atoms with Crippen molar-refractivity contribution in [1.82, 2.24) is 5.01 Å². The van der Waals surface area contributed by atoms with Crippen LogP contribution in [0, 0.1) is 17.7 Å². The van der Waals surface area contributed by atoms with E-state index in [-0.39, 0.29) is 11.7 Å². The second kappa shape index (κ2) is 5.82. The van der Waals surface area contributed by atoms with E-state index >= 15 is 0 Å². The third-order valence-corrected chi connectivity index (χ3v) is 5.79. The van der Waals surface area contributed by atoms with E-state index in [1.165, 1.54) is 31.2 Å². The minimum absolute atomic E-state index is 0.212. The largest absolute Gasteiger partial charge is 0.298 e. The number of imide groups is 1. The first kappa shape index (κ1) is 16.8. The molecule has 7 heteroatoms. The molecule has 0 N–H and O–H groups in total. The lowest BCUT2D eigenvalue weighted by Crippen LogP contribution is -2.43. The highest BCUT2D eigenvalue weighted by atomic mass is 19.1. The van der Waals surface area contributed by atoms with Crippen molar-refractivity contribution in [2.45, 2.75) is 19.0 Å². The Balaban J connectivity index is 1.65. The second-order valence-electron chi connectivity index (χ2n) is 7.29. The molecule has 4 atom stereocenters. The number of ketones is 1. The van der Waals surface area contributed by atoms with E-state index < -0.39 is 35.6 Å². The molecule has 3 aliphatic heterocycles. The lowest BCUT2D eigenvalue weighted by molar-refractivity contribution is -0.129. The van der Waals surface area contributed by atoms with Crippen LogP contribution in [0.25, 0.3) is 0 Å². The quantitative estimate of drug-likeness (QED) is 0.753. The second-order valence-corrected chi connectivity index (χ2v) is 7.29. The Morgan fingerprint density at radius 1 is 1.00 bits per heavy atom. The van der Waals surface area contributed by atoms with Gasteiger partial charge in [0.2, 0.25) is 11.8 Å². The first-order chi connectivity index (χ1) is 13.5. The van der Waals surface area contributed by atoms with Crippen molar-refractivity contribution in [2.75, 3.05) is 4.90 Å². The van der Waals surface area contributed by atoms with Crippen LogP contribution in [-0.4, -0.2) is 34.9 Å². The van der Waals surface area contributed by atoms with E-state index in [0.717, 1.165) is 16.0 Å². The van der Waals surface area contributed by atoms with Gasteiger partial charge in [0.05, 0.1) is 29.8 Å². The monoisotopic (exact) mass is 377 g/mol. The van der Waals surface area contributed by atoms with E-state index in [9.17, 15) is 18.8 Å². The molecule has 2 aromatic carbocycles. The summed E-state index contributed by atoms with van der Waals surface area (Å²) in [5.74, 6) is -3.02. The van der Waals surface area contributed by atoms with Gasteiger partial charge in [0.15, 0.2) is 5.78 Å². The number of carbonyl (C=O) groups is 3. The van der Waals surface area contributed by atoms with Crippen LogP contribution in [0.4, 0.5) is 10.1 Å². The minimum Gasteiger partial charge on any atom is -0.298 e. The summed E-state index contributed by atoms with van der Waals surface area (Å²) in [6, 6.07) is 11.5. The van der Waals surface area contributed by atoms with Crippen LogP contribution in [0.5, 0.6) is 0 Å². The van der Waals surface area contributed by atoms with Gasteiger partial charge >= 0.3 is 0 Å². The maximum Gasteiger partial charge on any atom is 0.240 e. The summed E-state index contributed by atoms with van der Waals surface area (Å²) >= 11 is 0. The van der Waals surface area contributed by atoms with Gasteiger partial charge in [0.1, 0.15) is 11.9 Å². The summed E-state index contributed by atoms with van der Waals surface area (Å²) in [6.07, 6.45) is 1.66. The average molecular weight is 377 g/mol. The smallest absolute Gasteiger partial charge is 0.240 e. The first-order valence-corrected chi connectivity index (χ1v) is 9.04. The van der Waals surface area contributed by atoms with Crippen molar-refractivity contribution in [1.29, 1.82) is 0 Å². The van der Waals surface area contributed by atoms with Crippen molar-refractivity contribution in [3.63, 3.8) is 0 Å². The van der Waals surface area contributed by atoms with E-state index in [1.807, 2.05) is 24.3 Å². The maximum absolute atomic E-state index is 13.3. The molecule has 2 saturated heterocycles. The van der Waals surface area contributed by atoms with Gasteiger partial charge in [-0.25, -0.2) is 9.29 Å². The topological polar surface area (TPSA) is 70.0 Å². The summed E-state index contributed by atoms with van der Waals surface area (Å²) in [6.45, 7) is 1.42. The number of carbonyl (C=O) groups excluding carboxylic acids is 3. The molecule has 28 heavy (non-hydrogen) atoms. The summed E-state index contributed by atoms with van der Waals surface area (Å²) in [7, 11) is 0. The Morgan fingerprint density at radius 3 is 2.39 bits per heavy atom. The van der Waals surface area contributed by atoms with Gasteiger partial charge in [0, 0.05) is 0 Å². The molecule has 3 aliphatic rings. The Labute approximate surface area is 160 Å². The Morgan fingerprint density at radius 2 is 1.68 bits per heavy atom. The van der Waals surface area contributed by atoms with E-state index in [1.54, 1.807) is 11.2 Å². The van der Waals surface area contributed by atoms with Crippen LogP contribution in [-0.2, 0) is 14.4 Å². The van der Waals surface area contributed by atoms with Crippen LogP contribution in [0.15, 0.2) is 53.6 Å². The fourth-order valence-electron chi connectivity index (χ4n) is 4.67. The van der Waals surface area contributed by atoms with E-state index in [2.05, 4.69) is 5.10 Å². The van der Waals surface area contributed by atoms with Crippen LogP contribution >= 0.6 is 0 Å². The zero-order chi connectivity index (χ0) is 19.6. The predicted molar refractivity (Wildman–Crippen MR) is 99.0 cm³/mol. The molecular weight excluding hydrogens is 361 g/mol. The summed E-state index contributed by atoms with van der Waals surface area (Å²) in [4.78, 5) is 40.1. The van der Waals surface area contributed by atoms with Gasteiger partial charge in [-0.1, -0.05) is 24.3 Å². The fraction of sp³-hybridized carbons (Fsp3) is 0.238. The Kier molecular flexibility index (Phi) is 3.49. The average Bonchev–Trinajstić information content (AvgIpc) is 3.16. The lowest BCUT2D eigenvalue weighted by atomic mass is 9.84. The van der Waals surface area contributed by atoms with Crippen molar-refractivity contribution in [3.05, 3.63) is 65.5 Å². The van der Waals surface area contributed by atoms with Gasteiger partial charge in [0.25, 0.3) is 0 Å². The number of halogens is 1. The Hall–Kier alpha value is -3.35. The molecule has 0 saturated carbocycles. The van der Waals surface area contributed by atoms with Crippen molar-refractivity contribution >= 4 is 29.5 Å². The molecule has 0 radical (unpaired) electrons. The maximum atomic E-state index is 13.3. The number of Topliss-reactive ketones (excluding diaryl/α,β-unsaturated/α-hetero) is 1. The molecule has 2 fully saturated rings. The first-order valence-electron chi connectivity index (χ1n) is 9.04. The zero-order valence-corrected chi connectivity index (χ0v) is 14.9. The van der Waals surface area contributed by atoms with Gasteiger partial charge in [-0.15, -0.1) is 0 Å². The predicted octanol–water partition coefficient (Wildman–Crippen LogP) is 2.29. The molecule has 0 spiro atoms. The molecule has 140 valence electrons. The van der Waals surface area contributed by atoms with Gasteiger partial charge in [-0.2, -0.15) is 5.10 Å². The molecule has 0 bridgehead atoms. The number of hydrogen-bond donors (Lipinski definition) is 0. The van der Waals surface area contributed by atoms with Crippen molar-refractivity contribution in [2.24, 2.45) is 16.9 Å². The van der Waals surface area contributed by atoms with Crippen molar-refractivity contribution in [3.8, 4) is 0 Å². The zero-order valence-electron chi connectivity index (χ0n) is 14.9. The fourth-order valence-corrected chi connectivity index (χ4v) is 4.67. The number of amides is 2. The Bertz CT molecular complexity index is 1050. The third kappa shape index (κ3) is 2.13. The van der Waals surface area contributed by atoms with Gasteiger partial charge < -0.3 is 0 Å². The molecule has 0 unspecified atom stereocenters. The van der Waals surface area contributed by atoms with E-state index in [0.29, 0.717) is 5.69 Å². The highest BCUT2D eigenvalue weighted by Crippen LogP contribution is 2.52.